The summed E-state index contributed by atoms with van der Waals surface area (Å²) in [5.41, 5.74) is 6.35. The number of ketones is 1. The summed E-state index contributed by atoms with van der Waals surface area (Å²) in [6, 6.07) is 4.11. The van der Waals surface area contributed by atoms with Crippen molar-refractivity contribution in [2.24, 2.45) is 0 Å². The number of carbonyl (C=O) groups excluding carboxylic acids is 1. The molecule has 2 atom stereocenters. The predicted octanol–water partition coefficient (Wildman–Crippen LogP) is 1.26. The van der Waals surface area contributed by atoms with Crippen LogP contribution in [0.4, 0.5) is 5.69 Å². The van der Waals surface area contributed by atoms with Crippen LogP contribution in [-0.4, -0.2) is 22.0 Å². The SMILES string of the molecule is CC(=O)C(Cl)c1cc(C(O)C(=O)O)ccc1N. The molecule has 0 aromatic heterocycles. The van der Waals surface area contributed by atoms with Gasteiger partial charge in [0.15, 0.2) is 11.9 Å². The number of aliphatic hydroxyl groups excluding tert-OH is 1. The number of hydrogen-bond acceptors (Lipinski definition) is 4. The molecule has 0 aliphatic heterocycles. The van der Waals surface area contributed by atoms with Crippen molar-refractivity contribution in [3.8, 4) is 0 Å². The topological polar surface area (TPSA) is 101 Å². The first-order valence-corrected chi connectivity index (χ1v) is 5.23. The number of halogens is 1. The van der Waals surface area contributed by atoms with Gasteiger partial charge in [-0.15, -0.1) is 11.6 Å². The van der Waals surface area contributed by atoms with Crippen LogP contribution >= 0.6 is 11.6 Å². The Hall–Kier alpha value is -1.59. The van der Waals surface area contributed by atoms with Crippen LogP contribution in [-0.2, 0) is 9.59 Å². The number of anilines is 1. The first-order chi connectivity index (χ1) is 7.84. The summed E-state index contributed by atoms with van der Waals surface area (Å²) in [6.45, 7) is 1.30. The summed E-state index contributed by atoms with van der Waals surface area (Å²) in [6.07, 6.45) is -1.66. The highest BCUT2D eigenvalue weighted by Gasteiger charge is 2.21. The van der Waals surface area contributed by atoms with Crippen LogP contribution in [0.25, 0.3) is 0 Å². The van der Waals surface area contributed by atoms with E-state index in [1.165, 1.54) is 25.1 Å². The molecule has 1 aromatic carbocycles. The third-order valence-corrected chi connectivity index (χ3v) is 2.83. The number of nitrogen functional groups attached to an aromatic ring is 1. The lowest BCUT2D eigenvalue weighted by Crippen LogP contribution is -2.12. The highest BCUT2D eigenvalue weighted by Crippen LogP contribution is 2.29. The van der Waals surface area contributed by atoms with Crippen molar-refractivity contribution in [2.75, 3.05) is 5.73 Å². The monoisotopic (exact) mass is 257 g/mol. The van der Waals surface area contributed by atoms with E-state index in [9.17, 15) is 14.7 Å². The normalized spacial score (nSPS) is 14.1. The molecule has 0 amide bonds. The first kappa shape index (κ1) is 13.5. The summed E-state index contributed by atoms with van der Waals surface area (Å²) >= 11 is 5.84. The fourth-order valence-corrected chi connectivity index (χ4v) is 1.53. The van der Waals surface area contributed by atoms with Crippen molar-refractivity contribution in [1.82, 2.24) is 0 Å². The number of aliphatic carboxylic acids is 1. The minimum absolute atomic E-state index is 0.133. The minimum atomic E-state index is -1.66. The van der Waals surface area contributed by atoms with Crippen molar-refractivity contribution in [2.45, 2.75) is 18.4 Å². The molecule has 0 radical (unpaired) electrons. The van der Waals surface area contributed by atoms with Gasteiger partial charge in [-0.25, -0.2) is 4.79 Å². The number of benzene rings is 1. The van der Waals surface area contributed by atoms with Gasteiger partial charge in [0.1, 0.15) is 5.38 Å². The fourth-order valence-electron chi connectivity index (χ4n) is 1.34. The van der Waals surface area contributed by atoms with Crippen molar-refractivity contribution in [3.63, 3.8) is 0 Å². The van der Waals surface area contributed by atoms with Crippen LogP contribution in [0.5, 0.6) is 0 Å². The molecule has 0 saturated carbocycles. The van der Waals surface area contributed by atoms with Gasteiger partial charge in [0.2, 0.25) is 0 Å². The maximum atomic E-state index is 11.1. The molecule has 0 bridgehead atoms. The van der Waals surface area contributed by atoms with E-state index in [2.05, 4.69) is 0 Å². The zero-order valence-corrected chi connectivity index (χ0v) is 9.81. The Kier molecular flexibility index (Phi) is 4.09. The van der Waals surface area contributed by atoms with Crippen LogP contribution in [0.15, 0.2) is 18.2 Å². The largest absolute Gasteiger partial charge is 0.479 e. The van der Waals surface area contributed by atoms with Gasteiger partial charge in [0.05, 0.1) is 0 Å². The number of rotatable bonds is 4. The number of carbonyl (C=O) groups is 2. The molecule has 92 valence electrons. The lowest BCUT2D eigenvalue weighted by atomic mass is 10.0. The maximum Gasteiger partial charge on any atom is 0.337 e. The molecule has 0 spiro atoms. The Bertz CT molecular complexity index is 461. The van der Waals surface area contributed by atoms with Crippen LogP contribution in [0, 0.1) is 0 Å². The van der Waals surface area contributed by atoms with Crippen molar-refractivity contribution >= 4 is 29.0 Å². The molecule has 0 fully saturated rings. The summed E-state index contributed by atoms with van der Waals surface area (Å²) in [7, 11) is 0. The van der Waals surface area contributed by atoms with E-state index in [0.29, 0.717) is 5.56 Å². The molecular formula is C11H12ClNO4. The van der Waals surface area contributed by atoms with Gasteiger partial charge in [-0.3, -0.25) is 4.79 Å². The van der Waals surface area contributed by atoms with Crippen LogP contribution in [0.2, 0.25) is 0 Å². The molecule has 17 heavy (non-hydrogen) atoms. The second kappa shape index (κ2) is 5.16. The van der Waals surface area contributed by atoms with Crippen molar-refractivity contribution < 1.29 is 19.8 Å². The molecule has 0 aliphatic carbocycles. The molecule has 0 aliphatic rings. The van der Waals surface area contributed by atoms with Gasteiger partial charge in [-0.2, -0.15) is 0 Å². The third kappa shape index (κ3) is 2.95. The molecule has 0 saturated heterocycles. The number of hydrogen-bond donors (Lipinski definition) is 3. The fraction of sp³-hybridized carbons (Fsp3) is 0.273. The highest BCUT2D eigenvalue weighted by atomic mass is 35.5. The average Bonchev–Trinajstić information content (AvgIpc) is 2.27. The molecule has 2 unspecified atom stereocenters. The van der Waals surface area contributed by atoms with Gasteiger partial charge >= 0.3 is 5.97 Å². The van der Waals surface area contributed by atoms with Gasteiger partial charge in [-0.05, 0) is 24.6 Å². The molecule has 4 N–H and O–H groups in total. The number of aliphatic hydroxyl groups is 1. The van der Waals surface area contributed by atoms with E-state index < -0.39 is 17.5 Å². The zero-order valence-electron chi connectivity index (χ0n) is 9.05. The molecule has 5 nitrogen and oxygen atoms in total. The molecule has 0 heterocycles. The van der Waals surface area contributed by atoms with E-state index in [-0.39, 0.29) is 17.0 Å². The molecular weight excluding hydrogens is 246 g/mol. The predicted molar refractivity (Wildman–Crippen MR) is 62.7 cm³/mol. The first-order valence-electron chi connectivity index (χ1n) is 4.79. The molecule has 1 rings (SSSR count). The Balaban J connectivity index is 3.19. The Morgan fingerprint density at radius 3 is 2.47 bits per heavy atom. The van der Waals surface area contributed by atoms with Gasteiger partial charge in [-0.1, -0.05) is 6.07 Å². The smallest absolute Gasteiger partial charge is 0.337 e. The number of alkyl halides is 1. The number of carboxylic acids is 1. The lowest BCUT2D eigenvalue weighted by molar-refractivity contribution is -0.146. The Labute approximate surface area is 103 Å². The van der Waals surface area contributed by atoms with Crippen molar-refractivity contribution in [1.29, 1.82) is 0 Å². The quantitative estimate of drug-likeness (QED) is 0.557. The van der Waals surface area contributed by atoms with E-state index >= 15 is 0 Å². The second-order valence-electron chi connectivity index (χ2n) is 3.60. The summed E-state index contributed by atoms with van der Waals surface area (Å²) in [4.78, 5) is 21.8. The summed E-state index contributed by atoms with van der Waals surface area (Å²) in [5, 5.41) is 17.1. The number of nitrogens with two attached hydrogens (primary N) is 1. The molecule has 1 aromatic rings. The standard InChI is InChI=1S/C11H12ClNO4/c1-5(14)9(12)7-4-6(2-3-8(7)13)10(15)11(16)17/h2-4,9-10,15H,13H2,1H3,(H,16,17). The minimum Gasteiger partial charge on any atom is -0.479 e. The van der Waals surface area contributed by atoms with Crippen LogP contribution < -0.4 is 5.73 Å². The molecule has 6 heteroatoms. The average molecular weight is 258 g/mol. The van der Waals surface area contributed by atoms with Crippen LogP contribution in [0.3, 0.4) is 0 Å². The van der Waals surface area contributed by atoms with Gasteiger partial charge < -0.3 is 15.9 Å². The Morgan fingerprint density at radius 1 is 1.41 bits per heavy atom. The van der Waals surface area contributed by atoms with E-state index in [0.717, 1.165) is 0 Å². The Morgan fingerprint density at radius 2 is 2.00 bits per heavy atom. The van der Waals surface area contributed by atoms with Crippen LogP contribution in [0.1, 0.15) is 29.5 Å². The van der Waals surface area contributed by atoms with Crippen molar-refractivity contribution in [3.05, 3.63) is 29.3 Å². The summed E-state index contributed by atoms with van der Waals surface area (Å²) in [5.74, 6) is -1.69. The lowest BCUT2D eigenvalue weighted by Gasteiger charge is -2.13. The van der Waals surface area contributed by atoms with Gasteiger partial charge in [0.25, 0.3) is 0 Å². The van der Waals surface area contributed by atoms with E-state index in [1.54, 1.807) is 0 Å². The number of carboxylic acid groups (broad SMARTS) is 1. The third-order valence-electron chi connectivity index (χ3n) is 2.29. The number of Topliss-reactive ketones (excluding diaryl/α,β-unsaturated/α-hetero) is 1. The highest BCUT2D eigenvalue weighted by molar-refractivity contribution is 6.31. The zero-order chi connectivity index (χ0) is 13.2. The maximum absolute atomic E-state index is 11.1. The summed E-state index contributed by atoms with van der Waals surface area (Å²) < 4.78 is 0. The van der Waals surface area contributed by atoms with E-state index in [1.807, 2.05) is 0 Å². The van der Waals surface area contributed by atoms with Gasteiger partial charge in [0, 0.05) is 11.3 Å². The second-order valence-corrected chi connectivity index (χ2v) is 4.04. The van der Waals surface area contributed by atoms with E-state index in [4.69, 9.17) is 22.4 Å².